The lowest BCUT2D eigenvalue weighted by Gasteiger charge is -2.37. The molecule has 27 heavy (non-hydrogen) atoms. The number of nitrogens with one attached hydrogen (secondary N) is 1. The van der Waals surface area contributed by atoms with Gasteiger partial charge < -0.3 is 20.5 Å². The number of fused-ring (bicyclic) bond motifs is 1. The van der Waals surface area contributed by atoms with E-state index in [-0.39, 0.29) is 46.5 Å². The Morgan fingerprint density at radius 2 is 2.00 bits per heavy atom. The lowest BCUT2D eigenvalue weighted by molar-refractivity contribution is 0.102. The van der Waals surface area contributed by atoms with E-state index in [4.69, 9.17) is 10.5 Å². The molecule has 0 amide bonds. The lowest BCUT2D eigenvalue weighted by Crippen LogP contribution is -2.43. The van der Waals surface area contributed by atoms with Gasteiger partial charge in [0.15, 0.2) is 11.6 Å². The number of hydrogen-bond donors (Lipinski definition) is 3. The summed E-state index contributed by atoms with van der Waals surface area (Å²) in [6.07, 6.45) is 1.63. The fourth-order valence-electron chi connectivity index (χ4n) is 3.88. The first-order valence-electron chi connectivity index (χ1n) is 9.11. The topological polar surface area (TPSA) is 114 Å². The highest BCUT2D eigenvalue weighted by atomic mass is 19.1. The van der Waals surface area contributed by atoms with Crippen LogP contribution >= 0.6 is 0 Å². The van der Waals surface area contributed by atoms with Gasteiger partial charge in [-0.15, -0.1) is 0 Å². The number of H-pyrrole nitrogens is 1. The summed E-state index contributed by atoms with van der Waals surface area (Å²) in [6.45, 7) is 2.66. The molecular weight excluding hydrogens is 355 g/mol. The van der Waals surface area contributed by atoms with Crippen molar-refractivity contribution in [1.82, 2.24) is 9.55 Å². The summed E-state index contributed by atoms with van der Waals surface area (Å²) in [5.41, 5.74) is 4.70. The molecule has 1 aliphatic heterocycles. The highest BCUT2D eigenvalue weighted by Crippen LogP contribution is 2.45. The Hall–Kier alpha value is -2.55. The van der Waals surface area contributed by atoms with Crippen LogP contribution in [0.3, 0.4) is 0 Å². The number of piperidine rings is 1. The smallest absolute Gasteiger partial charge is 0.329 e. The Labute approximate surface area is 154 Å². The summed E-state index contributed by atoms with van der Waals surface area (Å²) in [7, 11) is 1.37. The van der Waals surface area contributed by atoms with Gasteiger partial charge in [-0.25, -0.2) is 9.18 Å². The van der Waals surface area contributed by atoms with E-state index in [0.29, 0.717) is 13.0 Å². The first-order valence-corrected chi connectivity index (χ1v) is 9.11. The van der Waals surface area contributed by atoms with E-state index >= 15 is 4.39 Å². The fraction of sp³-hybridized carbons (Fsp3) is 0.556. The number of nitrogens with zero attached hydrogens (tertiary/aromatic N) is 2. The number of β-amino-alcohol motifs (C(OH)–C–C–N with tert-alkyl or cyclic N) is 1. The minimum atomic E-state index is -0.771. The molecule has 2 fully saturated rings. The molecule has 0 bridgehead atoms. The highest BCUT2D eigenvalue weighted by Gasteiger charge is 2.35. The van der Waals surface area contributed by atoms with Crippen LogP contribution in [0.25, 0.3) is 10.9 Å². The number of benzene rings is 1. The number of halogens is 1. The van der Waals surface area contributed by atoms with Crippen molar-refractivity contribution >= 4 is 22.3 Å². The molecule has 4 N–H and O–H groups in total. The molecule has 2 aliphatic rings. The second kappa shape index (κ2) is 6.26. The predicted octanol–water partition coefficient (Wildman–Crippen LogP) is 0.962. The molecule has 9 heteroatoms. The molecule has 1 aromatic heterocycles. The van der Waals surface area contributed by atoms with E-state index in [1.807, 2.05) is 6.92 Å². The number of anilines is 2. The van der Waals surface area contributed by atoms with E-state index in [9.17, 15) is 14.7 Å². The van der Waals surface area contributed by atoms with Crippen molar-refractivity contribution in [1.29, 1.82) is 0 Å². The van der Waals surface area contributed by atoms with Crippen LogP contribution in [0.2, 0.25) is 0 Å². The van der Waals surface area contributed by atoms with Gasteiger partial charge in [0, 0.05) is 19.1 Å². The van der Waals surface area contributed by atoms with Gasteiger partial charge in [-0.1, -0.05) is 6.92 Å². The third kappa shape index (κ3) is 2.68. The van der Waals surface area contributed by atoms with E-state index < -0.39 is 23.2 Å². The molecule has 1 saturated carbocycles. The molecule has 1 saturated heterocycles. The van der Waals surface area contributed by atoms with Crippen LogP contribution in [0.4, 0.5) is 15.8 Å². The minimum absolute atomic E-state index is 0.0737. The van der Waals surface area contributed by atoms with Gasteiger partial charge in [-0.3, -0.25) is 14.3 Å². The van der Waals surface area contributed by atoms with Crippen molar-refractivity contribution in [3.8, 4) is 5.75 Å². The number of ether oxygens (including phenoxy) is 1. The zero-order valence-corrected chi connectivity index (χ0v) is 15.3. The molecule has 2 unspecified atom stereocenters. The summed E-state index contributed by atoms with van der Waals surface area (Å²) >= 11 is 0. The summed E-state index contributed by atoms with van der Waals surface area (Å²) in [4.78, 5) is 28.7. The van der Waals surface area contributed by atoms with Gasteiger partial charge in [0.25, 0.3) is 5.56 Å². The maximum absolute atomic E-state index is 15.2. The first kappa shape index (κ1) is 17.8. The van der Waals surface area contributed by atoms with Crippen LogP contribution in [0, 0.1) is 11.7 Å². The number of nitrogens with two attached hydrogens (primary N) is 1. The van der Waals surface area contributed by atoms with Gasteiger partial charge in [-0.2, -0.15) is 0 Å². The summed E-state index contributed by atoms with van der Waals surface area (Å²) < 4.78 is 22.2. The predicted molar refractivity (Wildman–Crippen MR) is 100 cm³/mol. The molecule has 146 valence electrons. The van der Waals surface area contributed by atoms with Crippen LogP contribution in [0.15, 0.2) is 9.59 Å². The monoisotopic (exact) mass is 378 g/mol. The Morgan fingerprint density at radius 1 is 1.30 bits per heavy atom. The van der Waals surface area contributed by atoms with Crippen molar-refractivity contribution in [3.63, 3.8) is 0 Å². The largest absolute Gasteiger partial charge is 0.492 e. The normalized spacial score (nSPS) is 23.0. The Balaban J connectivity index is 2.06. The molecule has 8 nitrogen and oxygen atoms in total. The number of methoxy groups -OCH3 is 1. The first-order chi connectivity index (χ1) is 12.8. The van der Waals surface area contributed by atoms with Gasteiger partial charge in [0.2, 0.25) is 0 Å². The van der Waals surface area contributed by atoms with Crippen molar-refractivity contribution in [2.45, 2.75) is 38.3 Å². The molecular formula is C18H23FN4O4. The molecule has 0 radical (unpaired) electrons. The second-order valence-electron chi connectivity index (χ2n) is 7.47. The lowest BCUT2D eigenvalue weighted by atomic mass is 9.95. The Morgan fingerprint density at radius 3 is 2.59 bits per heavy atom. The van der Waals surface area contributed by atoms with E-state index in [2.05, 4.69) is 4.98 Å². The standard InChI is InChI=1S/C18H23FN4O4/c1-8-5-6-22(7-10(8)24)15-12(19)13(20)11-14(16(15)27-2)23(9-3-4-9)18(26)21-17(11)25/h8-10,24H,3-7,20H2,1-2H3,(H,21,25,26). The number of aliphatic hydroxyl groups excluding tert-OH is 1. The van der Waals surface area contributed by atoms with Gasteiger partial charge in [-0.05, 0) is 25.2 Å². The third-order valence-corrected chi connectivity index (χ3v) is 5.64. The molecule has 2 atom stereocenters. The van der Waals surface area contributed by atoms with Crippen molar-refractivity contribution in [3.05, 3.63) is 26.7 Å². The summed E-state index contributed by atoms with van der Waals surface area (Å²) in [6, 6.07) is -0.0737. The number of hydrogen-bond acceptors (Lipinski definition) is 6. The number of nitrogen functional groups attached to an aromatic ring is 1. The van der Waals surface area contributed by atoms with E-state index in [1.165, 1.54) is 11.7 Å². The van der Waals surface area contributed by atoms with Crippen LogP contribution in [0.5, 0.6) is 5.75 Å². The molecule has 0 spiro atoms. The molecule has 1 aliphatic carbocycles. The third-order valence-electron chi connectivity index (χ3n) is 5.64. The minimum Gasteiger partial charge on any atom is -0.492 e. The van der Waals surface area contributed by atoms with Gasteiger partial charge in [0.1, 0.15) is 11.2 Å². The number of aliphatic hydroxyl groups is 1. The fourth-order valence-corrected chi connectivity index (χ4v) is 3.88. The molecule has 4 rings (SSSR count). The highest BCUT2D eigenvalue weighted by molar-refractivity contribution is 5.99. The van der Waals surface area contributed by atoms with Crippen molar-refractivity contribution in [2.75, 3.05) is 30.8 Å². The van der Waals surface area contributed by atoms with Crippen LogP contribution in [-0.2, 0) is 0 Å². The quantitative estimate of drug-likeness (QED) is 0.686. The summed E-state index contributed by atoms with van der Waals surface area (Å²) in [5.74, 6) is -0.568. The average molecular weight is 378 g/mol. The van der Waals surface area contributed by atoms with Crippen LogP contribution in [-0.4, -0.2) is 41.0 Å². The molecule has 1 aromatic carbocycles. The van der Waals surface area contributed by atoms with Crippen LogP contribution in [0.1, 0.15) is 32.2 Å². The van der Waals surface area contributed by atoms with Crippen molar-refractivity contribution < 1.29 is 14.2 Å². The van der Waals surface area contributed by atoms with Crippen molar-refractivity contribution in [2.24, 2.45) is 5.92 Å². The van der Waals surface area contributed by atoms with E-state index in [1.54, 1.807) is 4.90 Å². The zero-order chi connectivity index (χ0) is 19.5. The number of rotatable bonds is 3. The van der Waals surface area contributed by atoms with Crippen LogP contribution < -0.4 is 26.6 Å². The Kier molecular flexibility index (Phi) is 4.14. The van der Waals surface area contributed by atoms with Gasteiger partial charge in [0.05, 0.1) is 24.3 Å². The average Bonchev–Trinajstić information content (AvgIpc) is 3.44. The zero-order valence-electron chi connectivity index (χ0n) is 15.3. The number of aromatic nitrogens is 2. The number of aromatic amines is 1. The Bertz CT molecular complexity index is 1030. The SMILES string of the molecule is COc1c(N2CCC(C)C(O)C2)c(F)c(N)c2c(=O)[nH]c(=O)n(C3CC3)c12. The van der Waals surface area contributed by atoms with E-state index in [0.717, 1.165) is 12.8 Å². The second-order valence-corrected chi connectivity index (χ2v) is 7.47. The van der Waals surface area contributed by atoms with Gasteiger partial charge >= 0.3 is 5.69 Å². The maximum Gasteiger partial charge on any atom is 0.329 e. The summed E-state index contributed by atoms with van der Waals surface area (Å²) in [5, 5.41) is 10.2. The molecule has 2 aromatic rings. The maximum atomic E-state index is 15.2. The molecule has 2 heterocycles.